The van der Waals surface area contributed by atoms with Gasteiger partial charge in [-0.25, -0.2) is 0 Å². The third-order valence-corrected chi connectivity index (χ3v) is 4.02. The zero-order valence-corrected chi connectivity index (χ0v) is 15.0. The van der Waals surface area contributed by atoms with Crippen LogP contribution in [-0.4, -0.2) is 17.9 Å². The van der Waals surface area contributed by atoms with Gasteiger partial charge in [-0.3, -0.25) is 14.9 Å². The quantitative estimate of drug-likeness (QED) is 0.419. The molecule has 0 fully saturated rings. The van der Waals surface area contributed by atoms with Crippen LogP contribution in [0.25, 0.3) is 0 Å². The highest BCUT2D eigenvalue weighted by molar-refractivity contribution is 5.94. The first-order chi connectivity index (χ1) is 13.5. The maximum Gasteiger partial charge on any atom is 0.293 e. The Morgan fingerprint density at radius 3 is 1.96 bits per heavy atom. The molecule has 28 heavy (non-hydrogen) atoms. The number of amides is 1. The van der Waals surface area contributed by atoms with Gasteiger partial charge in [-0.15, -0.1) is 0 Å². The number of carbonyl (C=O) groups is 1. The number of nitro groups is 1. The van der Waals surface area contributed by atoms with Crippen LogP contribution in [0.2, 0.25) is 0 Å². The molecule has 8 heteroatoms. The first kappa shape index (κ1) is 18.7. The van der Waals surface area contributed by atoms with Gasteiger partial charge in [0.1, 0.15) is 11.4 Å². The summed E-state index contributed by atoms with van der Waals surface area (Å²) in [6.45, 7) is 0. The first-order valence-electron chi connectivity index (χ1n) is 8.32. The molecular formula is C20H18N4O4. The number of nitrogens with one attached hydrogen (secondary N) is 2. The topological polar surface area (TPSA) is 120 Å². The van der Waals surface area contributed by atoms with Crippen LogP contribution in [0, 0.1) is 10.1 Å². The van der Waals surface area contributed by atoms with E-state index in [1.54, 1.807) is 19.2 Å². The molecule has 0 spiro atoms. The van der Waals surface area contributed by atoms with E-state index in [4.69, 9.17) is 10.5 Å². The Morgan fingerprint density at radius 2 is 1.46 bits per heavy atom. The Balaban J connectivity index is 1.75. The molecule has 0 aromatic heterocycles. The molecule has 0 radical (unpaired) electrons. The van der Waals surface area contributed by atoms with Crippen LogP contribution >= 0.6 is 0 Å². The van der Waals surface area contributed by atoms with Gasteiger partial charge in [0, 0.05) is 28.7 Å². The smallest absolute Gasteiger partial charge is 0.293 e. The normalized spacial score (nSPS) is 10.2. The van der Waals surface area contributed by atoms with E-state index in [9.17, 15) is 14.9 Å². The van der Waals surface area contributed by atoms with Crippen molar-refractivity contribution < 1.29 is 14.5 Å². The van der Waals surface area contributed by atoms with Crippen molar-refractivity contribution in [2.24, 2.45) is 5.73 Å². The summed E-state index contributed by atoms with van der Waals surface area (Å²) in [6, 6.07) is 18.8. The minimum absolute atomic E-state index is 0.0799. The van der Waals surface area contributed by atoms with Crippen molar-refractivity contribution in [2.45, 2.75) is 0 Å². The van der Waals surface area contributed by atoms with Gasteiger partial charge in [0.15, 0.2) is 0 Å². The summed E-state index contributed by atoms with van der Waals surface area (Å²) in [6.07, 6.45) is 0. The standard InChI is InChI=1S/C20H18N4O4/c1-28-17-9-7-15(8-10-17)22-14-3-5-16(6-4-14)23-18-11-2-13(20(21)25)12-19(18)24(26)27/h2-12,22-23H,1H3,(H2,21,25). The van der Waals surface area contributed by atoms with Crippen LogP contribution in [0.3, 0.4) is 0 Å². The lowest BCUT2D eigenvalue weighted by Gasteiger charge is -2.10. The molecule has 0 saturated heterocycles. The van der Waals surface area contributed by atoms with E-state index in [2.05, 4.69) is 10.6 Å². The number of hydrogen-bond acceptors (Lipinski definition) is 6. The predicted molar refractivity (Wildman–Crippen MR) is 108 cm³/mol. The van der Waals surface area contributed by atoms with Crippen LogP contribution in [0.5, 0.6) is 5.75 Å². The van der Waals surface area contributed by atoms with Crippen LogP contribution in [0.4, 0.5) is 28.4 Å². The molecule has 1 amide bonds. The van der Waals surface area contributed by atoms with Crippen molar-refractivity contribution >= 4 is 34.3 Å². The Kier molecular flexibility index (Phi) is 5.40. The fourth-order valence-electron chi connectivity index (χ4n) is 2.58. The van der Waals surface area contributed by atoms with Crippen LogP contribution in [-0.2, 0) is 0 Å². The van der Waals surface area contributed by atoms with E-state index in [0.29, 0.717) is 5.69 Å². The lowest BCUT2D eigenvalue weighted by Crippen LogP contribution is -2.11. The van der Waals surface area contributed by atoms with Gasteiger partial charge >= 0.3 is 0 Å². The molecule has 3 rings (SSSR count). The highest BCUT2D eigenvalue weighted by Crippen LogP contribution is 2.29. The minimum atomic E-state index is -0.719. The van der Waals surface area contributed by atoms with Gasteiger partial charge in [-0.05, 0) is 60.7 Å². The molecule has 3 aromatic rings. The second-order valence-electron chi connectivity index (χ2n) is 5.91. The number of rotatable bonds is 7. The third kappa shape index (κ3) is 4.36. The van der Waals surface area contributed by atoms with Crippen molar-refractivity contribution in [3.8, 4) is 5.75 Å². The summed E-state index contributed by atoms with van der Waals surface area (Å²) in [7, 11) is 1.61. The number of ether oxygens (including phenoxy) is 1. The number of nitrogens with two attached hydrogens (primary N) is 1. The maximum absolute atomic E-state index is 11.3. The van der Waals surface area contributed by atoms with E-state index in [-0.39, 0.29) is 16.9 Å². The number of primary amides is 1. The third-order valence-electron chi connectivity index (χ3n) is 4.02. The molecule has 0 aliphatic carbocycles. The van der Waals surface area contributed by atoms with Gasteiger partial charge in [0.05, 0.1) is 12.0 Å². The summed E-state index contributed by atoms with van der Waals surface area (Å²) in [5, 5.41) is 17.5. The van der Waals surface area contributed by atoms with Crippen LogP contribution in [0.1, 0.15) is 10.4 Å². The summed E-state index contributed by atoms with van der Waals surface area (Å²) in [5.41, 5.74) is 7.73. The first-order valence-corrected chi connectivity index (χ1v) is 8.32. The van der Waals surface area contributed by atoms with Crippen molar-refractivity contribution in [3.05, 3.63) is 82.4 Å². The van der Waals surface area contributed by atoms with Crippen LogP contribution < -0.4 is 21.1 Å². The molecule has 0 unspecified atom stereocenters. The number of methoxy groups -OCH3 is 1. The number of nitro benzene ring substituents is 1. The van der Waals surface area contributed by atoms with Crippen molar-refractivity contribution in [2.75, 3.05) is 17.7 Å². The second-order valence-corrected chi connectivity index (χ2v) is 5.91. The lowest BCUT2D eigenvalue weighted by atomic mass is 10.1. The number of anilines is 4. The fraction of sp³-hybridized carbons (Fsp3) is 0.0500. The Hall–Kier alpha value is -4.07. The molecule has 3 aromatic carbocycles. The largest absolute Gasteiger partial charge is 0.497 e. The predicted octanol–water partition coefficient (Wildman–Crippen LogP) is 4.19. The molecule has 0 heterocycles. The second kappa shape index (κ2) is 8.09. The van der Waals surface area contributed by atoms with Crippen molar-refractivity contribution in [3.63, 3.8) is 0 Å². The minimum Gasteiger partial charge on any atom is -0.497 e. The number of hydrogen-bond donors (Lipinski definition) is 3. The zero-order valence-electron chi connectivity index (χ0n) is 15.0. The molecule has 0 atom stereocenters. The van der Waals surface area contributed by atoms with Gasteiger partial charge in [0.2, 0.25) is 5.91 Å². The van der Waals surface area contributed by atoms with Crippen molar-refractivity contribution in [1.29, 1.82) is 0 Å². The van der Waals surface area contributed by atoms with E-state index in [0.717, 1.165) is 23.2 Å². The van der Waals surface area contributed by atoms with Gasteiger partial charge in [0.25, 0.3) is 5.69 Å². The molecule has 0 bridgehead atoms. The molecule has 8 nitrogen and oxygen atoms in total. The Bertz CT molecular complexity index is 1000. The van der Waals surface area contributed by atoms with E-state index >= 15 is 0 Å². The number of nitrogens with zero attached hydrogens (tertiary/aromatic N) is 1. The Labute approximate surface area is 161 Å². The van der Waals surface area contributed by atoms with E-state index in [1.807, 2.05) is 36.4 Å². The highest BCUT2D eigenvalue weighted by atomic mass is 16.6. The molecule has 0 aliphatic rings. The zero-order chi connectivity index (χ0) is 20.1. The lowest BCUT2D eigenvalue weighted by molar-refractivity contribution is -0.383. The Morgan fingerprint density at radius 1 is 0.929 bits per heavy atom. The summed E-state index contributed by atoms with van der Waals surface area (Å²) < 4.78 is 5.13. The average Bonchev–Trinajstić information content (AvgIpc) is 2.70. The summed E-state index contributed by atoms with van der Waals surface area (Å²) in [4.78, 5) is 22.0. The SMILES string of the molecule is COc1ccc(Nc2ccc(Nc3ccc(C(N)=O)cc3[N+](=O)[O-])cc2)cc1. The molecule has 0 aliphatic heterocycles. The number of carbonyl (C=O) groups excluding carboxylic acids is 1. The highest BCUT2D eigenvalue weighted by Gasteiger charge is 2.16. The number of benzene rings is 3. The summed E-state index contributed by atoms with van der Waals surface area (Å²) >= 11 is 0. The molecule has 4 N–H and O–H groups in total. The average molecular weight is 378 g/mol. The fourth-order valence-corrected chi connectivity index (χ4v) is 2.58. The van der Waals surface area contributed by atoms with Gasteiger partial charge in [-0.2, -0.15) is 0 Å². The van der Waals surface area contributed by atoms with Crippen molar-refractivity contribution in [1.82, 2.24) is 0 Å². The maximum atomic E-state index is 11.3. The monoisotopic (exact) mass is 378 g/mol. The van der Waals surface area contributed by atoms with E-state index < -0.39 is 10.8 Å². The molecule has 0 saturated carbocycles. The van der Waals surface area contributed by atoms with Gasteiger partial charge in [-0.1, -0.05) is 0 Å². The molecular weight excluding hydrogens is 360 g/mol. The van der Waals surface area contributed by atoms with E-state index in [1.165, 1.54) is 12.1 Å². The van der Waals surface area contributed by atoms with Crippen LogP contribution in [0.15, 0.2) is 66.7 Å². The van der Waals surface area contributed by atoms with Gasteiger partial charge < -0.3 is 21.1 Å². The summed E-state index contributed by atoms with van der Waals surface area (Å²) in [5.74, 6) is 0.0534. The molecule has 142 valence electrons.